The number of hydrogen-bond acceptors (Lipinski definition) is 0. The molecule has 0 saturated carbocycles. The molecule has 2 aromatic carbocycles. The lowest BCUT2D eigenvalue weighted by Gasteiger charge is -2.22. The van der Waals surface area contributed by atoms with Gasteiger partial charge in [0.25, 0.3) is 0 Å². The van der Waals surface area contributed by atoms with E-state index in [-0.39, 0.29) is 0 Å². The highest BCUT2D eigenvalue weighted by atomic mass is 19.4. The minimum absolute atomic E-state index is 0.606. The van der Waals surface area contributed by atoms with E-state index in [2.05, 4.69) is 25.1 Å². The summed E-state index contributed by atoms with van der Waals surface area (Å²) >= 11 is 0. The Hall–Kier alpha value is -2.03. The van der Waals surface area contributed by atoms with Crippen LogP contribution in [0.4, 0.5) is 13.2 Å². The lowest BCUT2D eigenvalue weighted by Crippen LogP contribution is -2.05. The fourth-order valence-electron chi connectivity index (χ4n) is 4.18. The first-order valence-corrected chi connectivity index (χ1v) is 10.9. The van der Waals surface area contributed by atoms with Crippen LogP contribution < -0.4 is 0 Å². The highest BCUT2D eigenvalue weighted by Gasteiger charge is 2.29. The van der Waals surface area contributed by atoms with Crippen molar-refractivity contribution in [3.8, 4) is 11.1 Å². The summed E-state index contributed by atoms with van der Waals surface area (Å²) in [4.78, 5) is 0. The minimum atomic E-state index is -4.29. The van der Waals surface area contributed by atoms with Crippen molar-refractivity contribution in [3.05, 3.63) is 65.7 Å². The van der Waals surface area contributed by atoms with Gasteiger partial charge >= 0.3 is 6.18 Å². The molecule has 3 heteroatoms. The summed E-state index contributed by atoms with van der Waals surface area (Å²) in [6.07, 6.45) is 9.77. The molecule has 0 N–H and O–H groups in total. The van der Waals surface area contributed by atoms with Crippen LogP contribution in [0.15, 0.2) is 54.6 Å². The predicted molar refractivity (Wildman–Crippen MR) is 116 cm³/mol. The Labute approximate surface area is 172 Å². The van der Waals surface area contributed by atoms with Crippen molar-refractivity contribution in [3.63, 3.8) is 0 Å². The van der Waals surface area contributed by atoms with Crippen LogP contribution in [0.25, 0.3) is 16.7 Å². The van der Waals surface area contributed by atoms with Gasteiger partial charge in [-0.2, -0.15) is 13.2 Å². The number of allylic oxidation sites excluding steroid dienone is 2. The zero-order chi connectivity index (χ0) is 20.7. The molecule has 0 amide bonds. The van der Waals surface area contributed by atoms with Crippen LogP contribution in [0.3, 0.4) is 0 Å². The van der Waals surface area contributed by atoms with E-state index in [0.717, 1.165) is 35.6 Å². The zero-order valence-electron chi connectivity index (χ0n) is 17.3. The van der Waals surface area contributed by atoms with Crippen LogP contribution in [-0.2, 0) is 6.18 Å². The van der Waals surface area contributed by atoms with E-state index >= 15 is 0 Å². The molecule has 1 unspecified atom stereocenters. The largest absolute Gasteiger partial charge is 0.416 e. The van der Waals surface area contributed by atoms with E-state index in [4.69, 9.17) is 0 Å². The van der Waals surface area contributed by atoms with Crippen LogP contribution in [0, 0.1) is 5.92 Å². The molecule has 0 nitrogen and oxygen atoms in total. The lowest BCUT2D eigenvalue weighted by molar-refractivity contribution is -0.137. The smallest absolute Gasteiger partial charge is 0.166 e. The molecule has 0 aliphatic heterocycles. The van der Waals surface area contributed by atoms with Gasteiger partial charge in [-0.05, 0) is 59.6 Å². The SMILES string of the molecule is CCCCCCCC1CC=C(c2ccc(-c3ccc(C(F)(F)F)cc3)cc2)CC1. The van der Waals surface area contributed by atoms with Crippen LogP contribution in [0.2, 0.25) is 0 Å². The summed E-state index contributed by atoms with van der Waals surface area (Å²) in [5, 5.41) is 0. The van der Waals surface area contributed by atoms with Crippen molar-refractivity contribution < 1.29 is 13.2 Å². The van der Waals surface area contributed by atoms with Gasteiger partial charge in [0.05, 0.1) is 5.56 Å². The summed E-state index contributed by atoms with van der Waals surface area (Å²) < 4.78 is 38.2. The van der Waals surface area contributed by atoms with Crippen LogP contribution >= 0.6 is 0 Å². The van der Waals surface area contributed by atoms with Gasteiger partial charge in [0, 0.05) is 0 Å². The number of benzene rings is 2. The average molecular weight is 401 g/mol. The molecule has 2 aromatic rings. The maximum Gasteiger partial charge on any atom is 0.416 e. The number of rotatable bonds is 8. The molecule has 1 atom stereocenters. The highest BCUT2D eigenvalue weighted by Crippen LogP contribution is 2.34. The monoisotopic (exact) mass is 400 g/mol. The molecule has 0 heterocycles. The van der Waals surface area contributed by atoms with Crippen molar-refractivity contribution in [2.75, 3.05) is 0 Å². The molecule has 1 aliphatic carbocycles. The number of unbranched alkanes of at least 4 members (excludes halogenated alkanes) is 4. The lowest BCUT2D eigenvalue weighted by atomic mass is 9.83. The van der Waals surface area contributed by atoms with E-state index in [9.17, 15) is 13.2 Å². The standard InChI is InChI=1S/C26H31F3/c1-2-3-4-5-6-7-20-8-10-21(11-9-20)22-12-14-23(15-13-22)24-16-18-25(19-17-24)26(27,28)29/h10,12-20H,2-9,11H2,1H3. The maximum absolute atomic E-state index is 12.7. The van der Waals surface area contributed by atoms with Gasteiger partial charge in [-0.1, -0.05) is 87.9 Å². The highest BCUT2D eigenvalue weighted by molar-refractivity contribution is 5.71. The first kappa shape index (κ1) is 21.7. The molecule has 0 spiro atoms. The Morgan fingerprint density at radius 2 is 1.38 bits per heavy atom. The number of alkyl halides is 3. The summed E-state index contributed by atoms with van der Waals surface area (Å²) in [7, 11) is 0. The Balaban J connectivity index is 1.55. The van der Waals surface area contributed by atoms with E-state index in [0.29, 0.717) is 0 Å². The van der Waals surface area contributed by atoms with Gasteiger partial charge in [-0.3, -0.25) is 0 Å². The van der Waals surface area contributed by atoms with Gasteiger partial charge in [-0.25, -0.2) is 0 Å². The second-order valence-corrected chi connectivity index (χ2v) is 8.23. The van der Waals surface area contributed by atoms with Crippen molar-refractivity contribution in [2.24, 2.45) is 5.92 Å². The molecular formula is C26H31F3. The Kier molecular flexibility index (Phi) is 7.57. The fourth-order valence-corrected chi connectivity index (χ4v) is 4.18. The molecular weight excluding hydrogens is 369 g/mol. The van der Waals surface area contributed by atoms with E-state index in [1.165, 1.54) is 62.5 Å². The number of hydrogen-bond donors (Lipinski definition) is 0. The Morgan fingerprint density at radius 3 is 1.93 bits per heavy atom. The molecule has 156 valence electrons. The third kappa shape index (κ3) is 6.22. The van der Waals surface area contributed by atoms with E-state index in [1.807, 2.05) is 12.1 Å². The van der Waals surface area contributed by atoms with E-state index < -0.39 is 11.7 Å². The van der Waals surface area contributed by atoms with Gasteiger partial charge < -0.3 is 0 Å². The van der Waals surface area contributed by atoms with E-state index in [1.54, 1.807) is 12.1 Å². The molecule has 0 bridgehead atoms. The topological polar surface area (TPSA) is 0 Å². The summed E-state index contributed by atoms with van der Waals surface area (Å²) in [5.74, 6) is 0.826. The van der Waals surface area contributed by atoms with Gasteiger partial charge in [0.15, 0.2) is 0 Å². The van der Waals surface area contributed by atoms with Crippen molar-refractivity contribution in [2.45, 2.75) is 70.9 Å². The average Bonchev–Trinajstić information content (AvgIpc) is 2.74. The second kappa shape index (κ2) is 10.1. The summed E-state index contributed by atoms with van der Waals surface area (Å²) in [5.41, 5.74) is 3.80. The van der Waals surface area contributed by atoms with Gasteiger partial charge in [0.2, 0.25) is 0 Å². The normalized spacial score (nSPS) is 17.2. The zero-order valence-corrected chi connectivity index (χ0v) is 17.3. The third-order valence-corrected chi connectivity index (χ3v) is 6.04. The van der Waals surface area contributed by atoms with Gasteiger partial charge in [0.1, 0.15) is 0 Å². The maximum atomic E-state index is 12.7. The first-order valence-electron chi connectivity index (χ1n) is 10.9. The third-order valence-electron chi connectivity index (χ3n) is 6.04. The fraction of sp³-hybridized carbons (Fsp3) is 0.462. The second-order valence-electron chi connectivity index (χ2n) is 8.23. The quantitative estimate of drug-likeness (QED) is 0.388. The van der Waals surface area contributed by atoms with Crippen LogP contribution in [0.1, 0.15) is 75.8 Å². The molecule has 0 saturated heterocycles. The van der Waals surface area contributed by atoms with Crippen molar-refractivity contribution in [1.82, 2.24) is 0 Å². The first-order chi connectivity index (χ1) is 14.0. The Bertz CT molecular complexity index is 782. The van der Waals surface area contributed by atoms with Crippen LogP contribution in [-0.4, -0.2) is 0 Å². The molecule has 1 aliphatic rings. The molecule has 29 heavy (non-hydrogen) atoms. The molecule has 0 aromatic heterocycles. The predicted octanol–water partition coefficient (Wildman–Crippen LogP) is 8.92. The summed E-state index contributed by atoms with van der Waals surface area (Å²) in [6, 6.07) is 13.6. The van der Waals surface area contributed by atoms with Crippen LogP contribution in [0.5, 0.6) is 0 Å². The Morgan fingerprint density at radius 1 is 0.793 bits per heavy atom. The van der Waals surface area contributed by atoms with Crippen molar-refractivity contribution >= 4 is 5.57 Å². The number of halogens is 3. The molecule has 3 rings (SSSR count). The minimum Gasteiger partial charge on any atom is -0.166 e. The summed E-state index contributed by atoms with van der Waals surface area (Å²) in [6.45, 7) is 2.25. The molecule has 0 radical (unpaired) electrons. The van der Waals surface area contributed by atoms with Gasteiger partial charge in [-0.15, -0.1) is 0 Å². The van der Waals surface area contributed by atoms with Crippen molar-refractivity contribution in [1.29, 1.82) is 0 Å². The molecule has 0 fully saturated rings.